The van der Waals surface area contributed by atoms with Crippen molar-refractivity contribution in [3.63, 3.8) is 0 Å². The Labute approximate surface area is 212 Å². The molecule has 2 aliphatic heterocycles. The topological polar surface area (TPSA) is 71.9 Å². The van der Waals surface area contributed by atoms with Gasteiger partial charge in [-0.05, 0) is 29.8 Å². The number of nitrogens with zero attached hydrogens (tertiary/aromatic N) is 4. The molecule has 1 saturated heterocycles. The Morgan fingerprint density at radius 3 is 2.49 bits per heavy atom. The molecule has 1 aromatic heterocycles. The summed E-state index contributed by atoms with van der Waals surface area (Å²) in [5.41, 5.74) is 1.72. The van der Waals surface area contributed by atoms with Crippen molar-refractivity contribution in [2.24, 2.45) is 0 Å². The molecule has 3 aromatic rings. The summed E-state index contributed by atoms with van der Waals surface area (Å²) in [6, 6.07) is 12.1. The first kappa shape index (κ1) is 24.8. The minimum atomic E-state index is -4.53. The first-order chi connectivity index (χ1) is 17.8. The van der Waals surface area contributed by atoms with Crippen LogP contribution in [0.5, 0.6) is 11.5 Å². The van der Waals surface area contributed by atoms with Gasteiger partial charge < -0.3 is 24.6 Å². The van der Waals surface area contributed by atoms with Gasteiger partial charge in [-0.1, -0.05) is 24.3 Å². The number of fused-ring (bicyclic) bond motifs is 1. The Morgan fingerprint density at radius 1 is 1.03 bits per heavy atom. The zero-order chi connectivity index (χ0) is 26.2. The molecule has 0 unspecified atom stereocenters. The number of halogens is 3. The van der Waals surface area contributed by atoms with Crippen LogP contribution in [0.15, 0.2) is 54.7 Å². The first-order valence-electron chi connectivity index (χ1n) is 12.0. The van der Waals surface area contributed by atoms with E-state index >= 15 is 0 Å². The van der Waals surface area contributed by atoms with E-state index in [1.165, 1.54) is 13.3 Å². The average Bonchev–Trinajstić information content (AvgIpc) is 3.35. The van der Waals surface area contributed by atoms with E-state index in [1.807, 2.05) is 24.3 Å². The van der Waals surface area contributed by atoms with Gasteiger partial charge in [-0.3, -0.25) is 4.79 Å². The molecule has 2 atom stereocenters. The van der Waals surface area contributed by atoms with Gasteiger partial charge in [-0.25, -0.2) is 4.68 Å². The van der Waals surface area contributed by atoms with Crippen molar-refractivity contribution in [1.29, 1.82) is 0 Å². The smallest absolute Gasteiger partial charge is 0.410 e. The van der Waals surface area contributed by atoms with Crippen molar-refractivity contribution >= 4 is 17.4 Å². The van der Waals surface area contributed by atoms with Crippen molar-refractivity contribution < 1.29 is 27.4 Å². The zero-order valence-electron chi connectivity index (χ0n) is 20.5. The highest BCUT2D eigenvalue weighted by Gasteiger charge is 2.47. The van der Waals surface area contributed by atoms with Gasteiger partial charge in [-0.2, -0.15) is 18.3 Å². The lowest BCUT2D eigenvalue weighted by molar-refractivity contribution is -0.173. The second kappa shape index (κ2) is 9.87. The molecule has 11 heteroatoms. The van der Waals surface area contributed by atoms with Crippen molar-refractivity contribution in [2.75, 3.05) is 50.6 Å². The summed E-state index contributed by atoms with van der Waals surface area (Å²) in [7, 11) is 3.12. The largest absolute Gasteiger partial charge is 0.497 e. The van der Waals surface area contributed by atoms with Crippen LogP contribution in [-0.4, -0.2) is 67.2 Å². The van der Waals surface area contributed by atoms with Crippen molar-refractivity contribution in [3.8, 4) is 11.5 Å². The highest BCUT2D eigenvalue weighted by molar-refractivity contribution is 5.99. The predicted molar refractivity (Wildman–Crippen MR) is 132 cm³/mol. The number of methoxy groups -OCH3 is 2. The lowest BCUT2D eigenvalue weighted by Crippen LogP contribution is -2.49. The molecule has 3 heterocycles. The third-order valence-electron chi connectivity index (χ3n) is 6.96. The fourth-order valence-electron chi connectivity index (χ4n) is 5.01. The summed E-state index contributed by atoms with van der Waals surface area (Å²) in [6.07, 6.45) is -3.54. The van der Waals surface area contributed by atoms with Crippen LogP contribution in [0.1, 0.15) is 34.4 Å². The number of amides is 1. The Bertz CT molecular complexity index is 1270. The SMILES string of the molecule is COc1cccc([C@@H]2C[C@H](C(F)(F)F)n3ncc(C(=O)N4CCN(c5ccccc5OC)CC4)c3N2)c1. The monoisotopic (exact) mass is 515 g/mol. The van der Waals surface area contributed by atoms with Crippen molar-refractivity contribution in [1.82, 2.24) is 14.7 Å². The Kier molecular flexibility index (Phi) is 6.61. The number of benzene rings is 2. The second-order valence-corrected chi connectivity index (χ2v) is 9.07. The summed E-state index contributed by atoms with van der Waals surface area (Å²) in [5.74, 6) is 1.03. The van der Waals surface area contributed by atoms with Crippen LogP contribution in [0.2, 0.25) is 0 Å². The number of anilines is 2. The number of hydrogen-bond donors (Lipinski definition) is 1. The molecule has 37 heavy (non-hydrogen) atoms. The minimum Gasteiger partial charge on any atom is -0.497 e. The standard InChI is InChI=1S/C26H28F3N5O3/c1-36-18-7-5-6-17(14-18)20-15-23(26(27,28)29)34-24(31-20)19(16-30-34)25(35)33-12-10-32(11-13-33)21-8-3-4-9-22(21)37-2/h3-9,14,16,20,23,31H,10-13,15H2,1-2H3/t20-,23+/m0/s1. The van der Waals surface area contributed by atoms with Crippen molar-refractivity contribution in [3.05, 3.63) is 65.9 Å². The molecule has 0 radical (unpaired) electrons. The molecule has 196 valence electrons. The average molecular weight is 516 g/mol. The fraction of sp³-hybridized carbons (Fsp3) is 0.385. The van der Waals surface area contributed by atoms with Crippen LogP contribution in [0.3, 0.4) is 0 Å². The molecule has 2 aromatic carbocycles. The summed E-state index contributed by atoms with van der Waals surface area (Å²) >= 11 is 0. The number of nitrogens with one attached hydrogen (secondary N) is 1. The molecule has 1 amide bonds. The number of carbonyl (C=O) groups is 1. The highest BCUT2D eigenvalue weighted by atomic mass is 19.4. The Balaban J connectivity index is 1.38. The Morgan fingerprint density at radius 2 is 1.78 bits per heavy atom. The van der Waals surface area contributed by atoms with Crippen LogP contribution in [0, 0.1) is 0 Å². The number of rotatable bonds is 5. The highest BCUT2D eigenvalue weighted by Crippen LogP contribution is 2.45. The minimum absolute atomic E-state index is 0.0820. The van der Waals surface area contributed by atoms with E-state index in [-0.39, 0.29) is 23.7 Å². The molecule has 8 nitrogen and oxygen atoms in total. The summed E-state index contributed by atoms with van der Waals surface area (Å²) in [4.78, 5) is 17.3. The molecule has 2 aliphatic rings. The lowest BCUT2D eigenvalue weighted by Gasteiger charge is -2.37. The maximum Gasteiger partial charge on any atom is 0.410 e. The van der Waals surface area contributed by atoms with Crippen LogP contribution >= 0.6 is 0 Å². The van der Waals surface area contributed by atoms with Gasteiger partial charge in [0.25, 0.3) is 5.91 Å². The third kappa shape index (κ3) is 4.77. The van der Waals surface area contributed by atoms with Gasteiger partial charge in [0.15, 0.2) is 6.04 Å². The summed E-state index contributed by atoms with van der Waals surface area (Å²) in [5, 5.41) is 7.16. The second-order valence-electron chi connectivity index (χ2n) is 9.07. The molecule has 0 spiro atoms. The number of ether oxygens (including phenoxy) is 2. The van der Waals surface area contributed by atoms with E-state index in [9.17, 15) is 18.0 Å². The van der Waals surface area contributed by atoms with Crippen molar-refractivity contribution in [2.45, 2.75) is 24.7 Å². The zero-order valence-corrected chi connectivity index (χ0v) is 20.5. The molecular formula is C26H28F3N5O3. The molecule has 0 bridgehead atoms. The van der Waals surface area contributed by atoms with E-state index in [0.29, 0.717) is 37.5 Å². The van der Waals surface area contributed by atoms with E-state index in [1.54, 1.807) is 36.3 Å². The van der Waals surface area contributed by atoms with E-state index in [2.05, 4.69) is 15.3 Å². The number of hydrogen-bond acceptors (Lipinski definition) is 6. The van der Waals surface area contributed by atoms with E-state index in [0.717, 1.165) is 16.1 Å². The molecular weight excluding hydrogens is 487 g/mol. The van der Waals surface area contributed by atoms with Gasteiger partial charge in [0, 0.05) is 32.6 Å². The molecule has 0 aliphatic carbocycles. The van der Waals surface area contributed by atoms with E-state index < -0.39 is 18.3 Å². The van der Waals surface area contributed by atoms with Gasteiger partial charge in [0.2, 0.25) is 0 Å². The van der Waals surface area contributed by atoms with Gasteiger partial charge in [0.1, 0.15) is 22.9 Å². The predicted octanol–water partition coefficient (Wildman–Crippen LogP) is 4.52. The number of alkyl halides is 3. The van der Waals surface area contributed by atoms with Crippen LogP contribution < -0.4 is 19.7 Å². The van der Waals surface area contributed by atoms with Crippen LogP contribution in [0.25, 0.3) is 0 Å². The summed E-state index contributed by atoms with van der Waals surface area (Å²) in [6.45, 7) is 1.98. The lowest BCUT2D eigenvalue weighted by atomic mass is 9.96. The number of carbonyl (C=O) groups excluding carboxylic acids is 1. The maximum atomic E-state index is 14.1. The van der Waals surface area contributed by atoms with Gasteiger partial charge in [0.05, 0.1) is 32.1 Å². The number of aromatic nitrogens is 2. The number of piperazine rings is 1. The molecule has 5 rings (SSSR count). The maximum absolute atomic E-state index is 14.1. The van der Waals surface area contributed by atoms with Crippen LogP contribution in [0.4, 0.5) is 24.7 Å². The molecule has 1 N–H and O–H groups in total. The summed E-state index contributed by atoms with van der Waals surface area (Å²) < 4.78 is 53.8. The van der Waals surface area contributed by atoms with Crippen LogP contribution in [-0.2, 0) is 0 Å². The van der Waals surface area contributed by atoms with Gasteiger partial charge in [-0.15, -0.1) is 0 Å². The fourth-order valence-corrected chi connectivity index (χ4v) is 5.01. The Hall–Kier alpha value is -3.89. The quantitative estimate of drug-likeness (QED) is 0.539. The third-order valence-corrected chi connectivity index (χ3v) is 6.96. The molecule has 0 saturated carbocycles. The normalized spacial score (nSPS) is 19.7. The van der Waals surface area contributed by atoms with E-state index in [4.69, 9.17) is 9.47 Å². The number of para-hydroxylation sites is 2. The van der Waals surface area contributed by atoms with Gasteiger partial charge >= 0.3 is 6.18 Å². The molecule has 1 fully saturated rings. The first-order valence-corrected chi connectivity index (χ1v) is 12.0.